The van der Waals surface area contributed by atoms with Crippen molar-refractivity contribution >= 4 is 51.0 Å². The summed E-state index contributed by atoms with van der Waals surface area (Å²) in [6.07, 6.45) is 5.32. The lowest BCUT2D eigenvalue weighted by molar-refractivity contribution is -0.130. The van der Waals surface area contributed by atoms with Crippen LogP contribution in [0.3, 0.4) is 0 Å². The van der Waals surface area contributed by atoms with Crippen molar-refractivity contribution in [2.45, 2.75) is 13.5 Å². The van der Waals surface area contributed by atoms with Gasteiger partial charge >= 0.3 is 0 Å². The van der Waals surface area contributed by atoms with Crippen LogP contribution >= 0.6 is 23.1 Å². The molecule has 0 spiro atoms. The number of morpholine rings is 1. The van der Waals surface area contributed by atoms with E-state index in [1.165, 1.54) is 10.4 Å². The van der Waals surface area contributed by atoms with Crippen molar-refractivity contribution in [2.75, 3.05) is 75.1 Å². The second-order valence-corrected chi connectivity index (χ2v) is 10.7. The SMILES string of the molecule is CSCC(=O)N1CCN(Cc2sc3c(N4CCOCC4)nc(-c4cnc(N)nc4)nc3c2C)CC1. The Bertz CT molecular complexity index is 1190. The van der Waals surface area contributed by atoms with E-state index in [1.54, 1.807) is 35.5 Å². The lowest BCUT2D eigenvalue weighted by Crippen LogP contribution is -2.48. The first-order valence-electron chi connectivity index (χ1n) is 11.7. The summed E-state index contributed by atoms with van der Waals surface area (Å²) in [6, 6.07) is 0. The van der Waals surface area contributed by atoms with E-state index in [4.69, 9.17) is 20.4 Å². The topological polar surface area (TPSA) is 114 Å². The van der Waals surface area contributed by atoms with Crippen LogP contribution in [0.15, 0.2) is 12.4 Å². The molecular formula is C23H30N8O2S2. The molecule has 2 fully saturated rings. The molecule has 186 valence electrons. The van der Waals surface area contributed by atoms with Gasteiger partial charge in [0.2, 0.25) is 11.9 Å². The molecule has 0 bridgehead atoms. The number of nitrogen functional groups attached to an aromatic ring is 1. The minimum absolute atomic E-state index is 0.229. The van der Waals surface area contributed by atoms with Crippen molar-refractivity contribution in [3.8, 4) is 11.4 Å². The number of nitrogens with two attached hydrogens (primary N) is 1. The Balaban J connectivity index is 1.44. The largest absolute Gasteiger partial charge is 0.378 e. The Morgan fingerprint density at radius 3 is 2.51 bits per heavy atom. The lowest BCUT2D eigenvalue weighted by Gasteiger charge is -2.34. The number of aryl methyl sites for hydroxylation is 1. The summed E-state index contributed by atoms with van der Waals surface area (Å²) in [5, 5.41) is 0. The molecule has 5 rings (SSSR count). The second kappa shape index (κ2) is 10.6. The predicted octanol–water partition coefficient (Wildman–Crippen LogP) is 1.88. The summed E-state index contributed by atoms with van der Waals surface area (Å²) in [4.78, 5) is 38.4. The number of aromatic nitrogens is 4. The molecule has 12 heteroatoms. The average molecular weight is 515 g/mol. The van der Waals surface area contributed by atoms with Gasteiger partial charge < -0.3 is 20.3 Å². The number of anilines is 2. The van der Waals surface area contributed by atoms with E-state index in [9.17, 15) is 4.79 Å². The average Bonchev–Trinajstić information content (AvgIpc) is 3.20. The molecule has 2 N–H and O–H groups in total. The van der Waals surface area contributed by atoms with Crippen molar-refractivity contribution in [3.05, 3.63) is 22.8 Å². The molecule has 2 aliphatic heterocycles. The molecule has 1 amide bonds. The van der Waals surface area contributed by atoms with Gasteiger partial charge in [-0.2, -0.15) is 11.8 Å². The summed E-state index contributed by atoms with van der Waals surface area (Å²) in [7, 11) is 0. The van der Waals surface area contributed by atoms with Gasteiger partial charge in [-0.25, -0.2) is 19.9 Å². The number of hydrogen-bond acceptors (Lipinski definition) is 11. The first-order valence-corrected chi connectivity index (χ1v) is 13.9. The number of fused-ring (bicyclic) bond motifs is 1. The Labute approximate surface area is 212 Å². The molecule has 35 heavy (non-hydrogen) atoms. The molecule has 0 atom stereocenters. The maximum Gasteiger partial charge on any atom is 0.232 e. The molecule has 0 radical (unpaired) electrons. The lowest BCUT2D eigenvalue weighted by atomic mass is 10.2. The van der Waals surface area contributed by atoms with Crippen molar-refractivity contribution in [1.29, 1.82) is 0 Å². The zero-order chi connectivity index (χ0) is 24.4. The number of amides is 1. The van der Waals surface area contributed by atoms with E-state index in [1.807, 2.05) is 11.2 Å². The molecule has 2 aliphatic rings. The smallest absolute Gasteiger partial charge is 0.232 e. The summed E-state index contributed by atoms with van der Waals surface area (Å²) >= 11 is 3.36. The fourth-order valence-corrected chi connectivity index (χ4v) is 6.15. The van der Waals surface area contributed by atoms with E-state index in [0.717, 1.165) is 67.4 Å². The highest BCUT2D eigenvalue weighted by molar-refractivity contribution is 7.99. The van der Waals surface area contributed by atoms with Gasteiger partial charge in [-0.05, 0) is 18.7 Å². The molecule has 3 aromatic rings. The highest BCUT2D eigenvalue weighted by atomic mass is 32.2. The monoisotopic (exact) mass is 514 g/mol. The van der Waals surface area contributed by atoms with E-state index < -0.39 is 0 Å². The maximum atomic E-state index is 12.2. The van der Waals surface area contributed by atoms with Crippen LogP contribution in [0, 0.1) is 6.92 Å². The van der Waals surface area contributed by atoms with Gasteiger partial charge in [-0.15, -0.1) is 11.3 Å². The molecule has 2 saturated heterocycles. The van der Waals surface area contributed by atoms with Gasteiger partial charge in [0.1, 0.15) is 0 Å². The van der Waals surface area contributed by atoms with Crippen molar-refractivity contribution in [3.63, 3.8) is 0 Å². The minimum atomic E-state index is 0.229. The minimum Gasteiger partial charge on any atom is -0.378 e. The molecule has 3 aromatic heterocycles. The Morgan fingerprint density at radius 1 is 1.11 bits per heavy atom. The van der Waals surface area contributed by atoms with Gasteiger partial charge in [0.05, 0.1) is 34.7 Å². The van der Waals surface area contributed by atoms with Crippen LogP contribution in [0.5, 0.6) is 0 Å². The van der Waals surface area contributed by atoms with Crippen LogP contribution in [0.1, 0.15) is 10.4 Å². The van der Waals surface area contributed by atoms with Crippen LogP contribution < -0.4 is 10.6 Å². The first-order chi connectivity index (χ1) is 17.0. The van der Waals surface area contributed by atoms with Crippen molar-refractivity contribution < 1.29 is 9.53 Å². The van der Waals surface area contributed by atoms with Crippen LogP contribution in [-0.4, -0.2) is 100 Å². The number of nitrogens with zero attached hydrogens (tertiary/aromatic N) is 7. The zero-order valence-corrected chi connectivity index (χ0v) is 21.7. The Kier molecular flexibility index (Phi) is 7.32. The number of carbonyl (C=O) groups is 1. The third kappa shape index (κ3) is 5.20. The Morgan fingerprint density at radius 2 is 1.83 bits per heavy atom. The van der Waals surface area contributed by atoms with E-state index >= 15 is 0 Å². The highest BCUT2D eigenvalue weighted by Gasteiger charge is 2.25. The molecule has 0 unspecified atom stereocenters. The van der Waals surface area contributed by atoms with E-state index in [0.29, 0.717) is 24.8 Å². The van der Waals surface area contributed by atoms with Gasteiger partial charge in [0.25, 0.3) is 0 Å². The van der Waals surface area contributed by atoms with Crippen LogP contribution in [0.25, 0.3) is 21.6 Å². The van der Waals surface area contributed by atoms with Crippen LogP contribution in [0.4, 0.5) is 11.8 Å². The first kappa shape index (κ1) is 24.2. The third-order valence-corrected chi connectivity index (χ3v) is 8.24. The van der Waals surface area contributed by atoms with Gasteiger partial charge in [0, 0.05) is 63.1 Å². The summed E-state index contributed by atoms with van der Waals surface area (Å²) in [5.74, 6) is 2.57. The Hall–Kier alpha value is -2.54. The number of hydrogen-bond donors (Lipinski definition) is 1. The van der Waals surface area contributed by atoms with Crippen molar-refractivity contribution in [1.82, 2.24) is 29.7 Å². The van der Waals surface area contributed by atoms with Crippen molar-refractivity contribution in [2.24, 2.45) is 0 Å². The number of carbonyl (C=O) groups excluding carboxylic acids is 1. The fraction of sp³-hybridized carbons (Fsp3) is 0.522. The normalized spacial score (nSPS) is 17.3. The number of ether oxygens (including phenoxy) is 1. The van der Waals surface area contributed by atoms with E-state index in [2.05, 4.69) is 26.7 Å². The molecule has 0 saturated carbocycles. The number of thioether (sulfide) groups is 1. The number of thiophene rings is 1. The van der Waals surface area contributed by atoms with Crippen LogP contribution in [-0.2, 0) is 16.1 Å². The number of rotatable bonds is 6. The summed E-state index contributed by atoms with van der Waals surface area (Å²) in [6.45, 7) is 9.27. The third-order valence-electron chi connectivity index (χ3n) is 6.45. The fourth-order valence-electron chi connectivity index (χ4n) is 4.41. The molecule has 0 aliphatic carbocycles. The van der Waals surface area contributed by atoms with Gasteiger partial charge in [-0.3, -0.25) is 9.69 Å². The molecule has 10 nitrogen and oxygen atoms in total. The number of piperazine rings is 1. The maximum absolute atomic E-state index is 12.2. The van der Waals surface area contributed by atoms with E-state index in [-0.39, 0.29) is 11.9 Å². The van der Waals surface area contributed by atoms with Gasteiger partial charge in [-0.1, -0.05) is 0 Å². The standard InChI is InChI=1S/C23H30N8O2S2/c1-15-17(13-29-3-5-30(6-4-29)18(32)14-34-2)35-20-19(15)27-21(16-11-25-23(24)26-12-16)28-22(20)31-7-9-33-10-8-31/h11-12H,3-10,13-14H2,1-2H3,(H2,24,25,26). The molecular weight excluding hydrogens is 484 g/mol. The van der Waals surface area contributed by atoms with Gasteiger partial charge in [0.15, 0.2) is 11.6 Å². The summed E-state index contributed by atoms with van der Waals surface area (Å²) < 4.78 is 6.68. The summed E-state index contributed by atoms with van der Waals surface area (Å²) in [5.41, 5.74) is 8.59. The molecule has 0 aromatic carbocycles. The molecule has 5 heterocycles. The van der Waals surface area contributed by atoms with Crippen LogP contribution in [0.2, 0.25) is 0 Å². The second-order valence-electron chi connectivity index (χ2n) is 8.72. The highest BCUT2D eigenvalue weighted by Crippen LogP contribution is 2.38. The quantitative estimate of drug-likeness (QED) is 0.523. The zero-order valence-electron chi connectivity index (χ0n) is 20.1. The predicted molar refractivity (Wildman–Crippen MR) is 141 cm³/mol.